The average Bonchev–Trinajstić information content (AvgIpc) is 3.09. The maximum atomic E-state index is 13.2. The van der Waals surface area contributed by atoms with E-state index >= 15 is 0 Å². The molecule has 5 rings (SSSR count). The third-order valence-electron chi connectivity index (χ3n) is 6.17. The van der Waals surface area contributed by atoms with E-state index in [1.807, 2.05) is 0 Å². The maximum Gasteiger partial charge on any atom is 0.279 e. The molecule has 37 heavy (non-hydrogen) atoms. The predicted octanol–water partition coefficient (Wildman–Crippen LogP) is 3.01. The third-order valence-corrected chi connectivity index (χ3v) is 6.80. The topological polar surface area (TPSA) is 110 Å². The second-order valence-corrected chi connectivity index (χ2v) is 12.0. The fourth-order valence-corrected chi connectivity index (χ4v) is 5.17. The Labute approximate surface area is 215 Å². The predicted molar refractivity (Wildman–Crippen MR) is 146 cm³/mol. The van der Waals surface area contributed by atoms with Gasteiger partial charge in [0.15, 0.2) is 17.3 Å². The van der Waals surface area contributed by atoms with Crippen LogP contribution in [-0.4, -0.2) is 59.5 Å². The number of hydrogen-bond acceptors (Lipinski definition) is 8. The molecule has 0 bridgehead atoms. The minimum absolute atomic E-state index is 0.0108. The molecule has 0 amide bonds. The molecule has 0 atom stereocenters. The Morgan fingerprint density at radius 1 is 1.24 bits per heavy atom. The maximum absolute atomic E-state index is 13.2. The number of pyridine rings is 1. The Hall–Kier alpha value is -4.01. The van der Waals surface area contributed by atoms with E-state index in [4.69, 9.17) is 6.42 Å². The van der Waals surface area contributed by atoms with Gasteiger partial charge in [-0.2, -0.15) is 9.35 Å². The smallest absolute Gasteiger partial charge is 0.279 e. The van der Waals surface area contributed by atoms with Crippen molar-refractivity contribution >= 4 is 38.2 Å². The first-order chi connectivity index (χ1) is 17.6. The van der Waals surface area contributed by atoms with Crippen LogP contribution in [0.3, 0.4) is 0 Å². The molecule has 1 N–H and O–H groups in total. The molecule has 0 saturated carbocycles. The zero-order valence-electron chi connectivity index (χ0n) is 21.2. The number of anilines is 2. The summed E-state index contributed by atoms with van der Waals surface area (Å²) >= 11 is 0. The number of benzene rings is 1. The van der Waals surface area contributed by atoms with Gasteiger partial charge in [0.2, 0.25) is 5.95 Å². The van der Waals surface area contributed by atoms with Crippen LogP contribution >= 0.6 is 0 Å². The summed E-state index contributed by atoms with van der Waals surface area (Å²) in [4.78, 5) is 29.1. The number of fused-ring (bicyclic) bond motifs is 2. The van der Waals surface area contributed by atoms with Gasteiger partial charge in [-0.3, -0.25) is 4.79 Å². The van der Waals surface area contributed by atoms with Gasteiger partial charge in [0.05, 0.1) is 0 Å². The van der Waals surface area contributed by atoms with Crippen LogP contribution in [-0.2, 0) is 29.2 Å². The lowest BCUT2D eigenvalue weighted by atomic mass is 9.94. The van der Waals surface area contributed by atoms with Crippen molar-refractivity contribution in [2.75, 3.05) is 31.4 Å². The molecule has 10 nitrogen and oxygen atoms in total. The Balaban J connectivity index is 1.62. The average molecular weight is 517 g/mol. The minimum Gasteiger partial charge on any atom is -0.324 e. The van der Waals surface area contributed by atoms with Gasteiger partial charge in [-0.15, -0.1) is 6.42 Å². The molecular formula is C26H28N8O2S. The summed E-state index contributed by atoms with van der Waals surface area (Å²) in [6.45, 7) is 4.06. The molecule has 1 aliphatic rings. The van der Waals surface area contributed by atoms with Gasteiger partial charge in [0.1, 0.15) is 11.9 Å². The molecule has 0 radical (unpaired) electrons. The van der Waals surface area contributed by atoms with Crippen LogP contribution in [0.25, 0.3) is 16.9 Å². The van der Waals surface area contributed by atoms with E-state index in [0.717, 1.165) is 25.2 Å². The van der Waals surface area contributed by atoms with Crippen LogP contribution in [0, 0.1) is 19.3 Å². The van der Waals surface area contributed by atoms with Gasteiger partial charge >= 0.3 is 0 Å². The molecule has 11 heteroatoms. The number of rotatable bonds is 5. The highest BCUT2D eigenvalue weighted by atomic mass is 32.2. The van der Waals surface area contributed by atoms with Crippen LogP contribution in [0.1, 0.15) is 16.7 Å². The fourth-order valence-electron chi connectivity index (χ4n) is 4.62. The molecule has 0 fully saturated rings. The fraction of sp³-hybridized carbons (Fsp3) is 0.308. The Kier molecular flexibility index (Phi) is 6.31. The number of terminal acetylenes is 1. The molecule has 4 aromatic rings. The van der Waals surface area contributed by atoms with Gasteiger partial charge in [-0.25, -0.2) is 23.5 Å². The molecule has 0 aliphatic carbocycles. The van der Waals surface area contributed by atoms with Gasteiger partial charge in [-0.05, 0) is 61.3 Å². The van der Waals surface area contributed by atoms with Crippen molar-refractivity contribution < 1.29 is 4.21 Å². The normalized spacial score (nSPS) is 13.8. The molecule has 0 unspecified atom stereocenters. The monoisotopic (exact) mass is 516 g/mol. The first-order valence-electron chi connectivity index (χ1n) is 11.8. The molecule has 190 valence electrons. The SMILES string of the molecule is C#CCn1c(=O)c2cnc(Nc3cc(C)c4c(c3)CN(C)CC4)nc2n1-c1cccc(N=S(C)(C)=O)n1. The van der Waals surface area contributed by atoms with Gasteiger partial charge in [0.25, 0.3) is 5.56 Å². The second-order valence-electron chi connectivity index (χ2n) is 9.48. The highest BCUT2D eigenvalue weighted by molar-refractivity contribution is 7.92. The van der Waals surface area contributed by atoms with Crippen LogP contribution in [0.5, 0.6) is 0 Å². The summed E-state index contributed by atoms with van der Waals surface area (Å²) < 4.78 is 19.3. The number of aryl methyl sites for hydroxylation is 1. The summed E-state index contributed by atoms with van der Waals surface area (Å²) in [7, 11) is -0.309. The summed E-state index contributed by atoms with van der Waals surface area (Å²) in [5.74, 6) is 3.53. The van der Waals surface area contributed by atoms with Crippen molar-refractivity contribution in [3.05, 3.63) is 63.6 Å². The highest BCUT2D eigenvalue weighted by Gasteiger charge is 2.20. The number of likely N-dealkylation sites (N-methyl/N-ethyl adjacent to an activating group) is 1. The van der Waals surface area contributed by atoms with Crippen LogP contribution in [0.15, 0.2) is 45.7 Å². The molecule has 3 aromatic heterocycles. The summed E-state index contributed by atoms with van der Waals surface area (Å²) in [6.07, 6.45) is 11.2. The zero-order valence-corrected chi connectivity index (χ0v) is 22.0. The molecule has 1 aliphatic heterocycles. The minimum atomic E-state index is -2.43. The number of nitrogens with zero attached hydrogens (tertiary/aromatic N) is 7. The van der Waals surface area contributed by atoms with Crippen molar-refractivity contribution in [1.29, 1.82) is 0 Å². The molecule has 0 spiro atoms. The molecule has 1 aromatic carbocycles. The number of hydrogen-bond donors (Lipinski definition) is 1. The number of aromatic nitrogens is 5. The van der Waals surface area contributed by atoms with E-state index in [1.165, 1.54) is 40.1 Å². The molecule has 0 saturated heterocycles. The van der Waals surface area contributed by atoms with Crippen molar-refractivity contribution in [3.63, 3.8) is 0 Å². The Morgan fingerprint density at radius 3 is 2.81 bits per heavy atom. The van der Waals surface area contributed by atoms with Crippen LogP contribution < -0.4 is 10.9 Å². The van der Waals surface area contributed by atoms with Crippen molar-refractivity contribution in [2.24, 2.45) is 4.36 Å². The second kappa shape index (κ2) is 9.46. The Morgan fingerprint density at radius 2 is 2.05 bits per heavy atom. The van der Waals surface area contributed by atoms with E-state index in [1.54, 1.807) is 22.9 Å². The lowest BCUT2D eigenvalue weighted by molar-refractivity contribution is 0.312. The first-order valence-corrected chi connectivity index (χ1v) is 14.1. The lowest BCUT2D eigenvalue weighted by Crippen LogP contribution is -2.27. The van der Waals surface area contributed by atoms with Crippen molar-refractivity contribution in [2.45, 2.75) is 26.4 Å². The van der Waals surface area contributed by atoms with E-state index < -0.39 is 9.73 Å². The summed E-state index contributed by atoms with van der Waals surface area (Å²) in [5, 5.41) is 3.61. The van der Waals surface area contributed by atoms with E-state index in [9.17, 15) is 9.00 Å². The van der Waals surface area contributed by atoms with E-state index in [0.29, 0.717) is 22.8 Å². The molecular weight excluding hydrogens is 488 g/mol. The first kappa shape index (κ1) is 24.7. The highest BCUT2D eigenvalue weighted by Crippen LogP contribution is 2.27. The molecule has 4 heterocycles. The number of nitrogens with one attached hydrogen (secondary N) is 1. The van der Waals surface area contributed by atoms with Crippen molar-refractivity contribution in [3.8, 4) is 18.2 Å². The summed E-state index contributed by atoms with van der Waals surface area (Å²) in [6, 6.07) is 9.32. The largest absolute Gasteiger partial charge is 0.324 e. The van der Waals surface area contributed by atoms with E-state index in [2.05, 4.69) is 61.6 Å². The zero-order chi connectivity index (χ0) is 26.3. The third kappa shape index (κ3) is 4.98. The standard InChI is InChI=1S/C26H28N8O2S/c1-6-11-33-25(35)21-15-27-26(28-19-13-17(2)20-10-12-32(3)16-18(20)14-19)30-24(21)34(33)23-9-7-8-22(29-23)31-37(4,5)36/h1,7-9,13-15H,10-12,16H2,2-5H3,(H,27,28,30). The van der Waals surface area contributed by atoms with Gasteiger partial charge in [0, 0.05) is 47.2 Å². The Bertz CT molecular complexity index is 1750. The van der Waals surface area contributed by atoms with Crippen molar-refractivity contribution in [1.82, 2.24) is 29.2 Å². The summed E-state index contributed by atoms with van der Waals surface area (Å²) in [5.41, 5.74) is 4.79. The van der Waals surface area contributed by atoms with Crippen LogP contribution in [0.4, 0.5) is 17.5 Å². The lowest BCUT2D eigenvalue weighted by Gasteiger charge is -2.27. The van der Waals surface area contributed by atoms with Gasteiger partial charge < -0.3 is 10.2 Å². The van der Waals surface area contributed by atoms with Gasteiger partial charge in [-0.1, -0.05) is 12.0 Å². The van der Waals surface area contributed by atoms with Crippen LogP contribution in [0.2, 0.25) is 0 Å². The van der Waals surface area contributed by atoms with E-state index in [-0.39, 0.29) is 17.9 Å². The quantitative estimate of drug-likeness (QED) is 0.406.